The van der Waals surface area contributed by atoms with E-state index < -0.39 is 22.7 Å². The maximum absolute atomic E-state index is 12.9. The summed E-state index contributed by atoms with van der Waals surface area (Å²) in [6.45, 7) is 0. The van der Waals surface area contributed by atoms with Crippen LogP contribution in [0.5, 0.6) is 0 Å². The van der Waals surface area contributed by atoms with Gasteiger partial charge in [-0.15, -0.1) is 10.2 Å². The van der Waals surface area contributed by atoms with Crippen LogP contribution in [0.25, 0.3) is 6.08 Å². The number of nitriles is 1. The fourth-order valence-electron chi connectivity index (χ4n) is 2.32. The van der Waals surface area contributed by atoms with Crippen LogP contribution in [0.4, 0.5) is 18.3 Å². The molecule has 0 unspecified atom stereocenters. The molecule has 158 valence electrons. The number of aromatic nitrogens is 2. The maximum atomic E-state index is 12.9. The van der Waals surface area contributed by atoms with E-state index >= 15 is 0 Å². The smallest absolute Gasteiger partial charge is 0.297 e. The highest BCUT2D eigenvalue weighted by Gasteiger charge is 2.33. The zero-order valence-corrected chi connectivity index (χ0v) is 17.9. The van der Waals surface area contributed by atoms with E-state index in [0.29, 0.717) is 15.7 Å². The molecule has 0 spiro atoms. The van der Waals surface area contributed by atoms with Crippen LogP contribution in [0.1, 0.15) is 22.3 Å². The number of hydrogen-bond donors (Lipinski definition) is 1. The lowest BCUT2D eigenvalue weighted by Gasteiger charge is -2.09. The van der Waals surface area contributed by atoms with Gasteiger partial charge in [-0.3, -0.25) is 10.1 Å². The average molecular weight is 481 g/mol. The molecule has 0 radical (unpaired) electrons. The van der Waals surface area contributed by atoms with E-state index in [1.807, 2.05) is 12.1 Å². The summed E-state index contributed by atoms with van der Waals surface area (Å²) in [6, 6.07) is 12.6. The first-order chi connectivity index (χ1) is 14.7. The summed E-state index contributed by atoms with van der Waals surface area (Å²) in [5.41, 5.74) is 0.803. The number of carbonyl (C=O) groups is 1. The first-order valence-corrected chi connectivity index (χ1v) is 10.7. The Morgan fingerprint density at radius 1 is 1.23 bits per heavy atom. The lowest BCUT2D eigenvalue weighted by atomic mass is 10.1. The number of alkyl halides is 3. The Balaban J connectivity index is 1.56. The molecule has 0 fully saturated rings. The van der Waals surface area contributed by atoms with Crippen molar-refractivity contribution in [2.75, 3.05) is 5.32 Å². The first-order valence-electron chi connectivity index (χ1n) is 8.56. The lowest BCUT2D eigenvalue weighted by Crippen LogP contribution is -2.08. The molecule has 3 aromatic rings. The van der Waals surface area contributed by atoms with E-state index in [0.717, 1.165) is 23.8 Å². The third kappa shape index (κ3) is 6.55. The van der Waals surface area contributed by atoms with Crippen molar-refractivity contribution in [3.8, 4) is 6.07 Å². The third-order valence-corrected chi connectivity index (χ3v) is 6.18. The number of thioether (sulfide) groups is 1. The van der Waals surface area contributed by atoms with Crippen LogP contribution in [0, 0.1) is 11.3 Å². The molecule has 0 saturated carbocycles. The number of carbonyl (C=O) groups excluding carboxylic acids is 1. The predicted molar refractivity (Wildman–Crippen MR) is 115 cm³/mol. The molecule has 1 aromatic heterocycles. The van der Waals surface area contributed by atoms with Gasteiger partial charge < -0.3 is 0 Å². The van der Waals surface area contributed by atoms with Gasteiger partial charge in [0.2, 0.25) is 11.0 Å². The molecule has 0 saturated heterocycles. The van der Waals surface area contributed by atoms with Crippen molar-refractivity contribution in [3.05, 3.63) is 75.8 Å². The van der Waals surface area contributed by atoms with Crippen molar-refractivity contribution >= 4 is 51.8 Å². The molecule has 11 heteroatoms. The van der Waals surface area contributed by atoms with E-state index in [1.54, 1.807) is 12.1 Å². The van der Waals surface area contributed by atoms with Crippen LogP contribution in [-0.2, 0) is 16.7 Å². The molecule has 1 amide bonds. The third-order valence-electron chi connectivity index (χ3n) is 3.80. The van der Waals surface area contributed by atoms with Gasteiger partial charge in [-0.2, -0.15) is 18.4 Å². The standard InChI is InChI=1S/C20H12ClF3N4OS2/c21-16-7-5-12(9-15(16)20(22,23)24)6-8-17(29)26-18-27-28-19(31-18)30-11-14-3-1-13(10-25)2-4-14/h1-9H,11H2,(H,26,27,29)/b8-6+. The topological polar surface area (TPSA) is 78.7 Å². The summed E-state index contributed by atoms with van der Waals surface area (Å²) in [5, 5.41) is 19.1. The van der Waals surface area contributed by atoms with E-state index in [4.69, 9.17) is 16.9 Å². The summed E-state index contributed by atoms with van der Waals surface area (Å²) in [7, 11) is 0. The molecular formula is C20H12ClF3N4OS2. The highest BCUT2D eigenvalue weighted by atomic mass is 35.5. The molecule has 0 aliphatic heterocycles. The van der Waals surface area contributed by atoms with Crippen molar-refractivity contribution in [2.24, 2.45) is 0 Å². The number of halogens is 4. The molecule has 0 aliphatic rings. The van der Waals surface area contributed by atoms with Crippen molar-refractivity contribution in [1.82, 2.24) is 10.2 Å². The highest BCUT2D eigenvalue weighted by Crippen LogP contribution is 2.35. The molecule has 0 aliphatic carbocycles. The number of nitrogens with one attached hydrogen (secondary N) is 1. The maximum Gasteiger partial charge on any atom is 0.417 e. The minimum Gasteiger partial charge on any atom is -0.297 e. The number of rotatable bonds is 6. The summed E-state index contributed by atoms with van der Waals surface area (Å²) in [6.07, 6.45) is -2.22. The van der Waals surface area contributed by atoms with Crippen molar-refractivity contribution < 1.29 is 18.0 Å². The van der Waals surface area contributed by atoms with Gasteiger partial charge in [0.05, 0.1) is 22.2 Å². The minimum absolute atomic E-state index is 0.183. The molecular weight excluding hydrogens is 469 g/mol. The zero-order valence-electron chi connectivity index (χ0n) is 15.5. The Labute approximate surface area is 188 Å². The lowest BCUT2D eigenvalue weighted by molar-refractivity contribution is -0.137. The van der Waals surface area contributed by atoms with Gasteiger partial charge in [0.25, 0.3) is 0 Å². The van der Waals surface area contributed by atoms with E-state index in [9.17, 15) is 18.0 Å². The van der Waals surface area contributed by atoms with Gasteiger partial charge in [-0.1, -0.05) is 52.9 Å². The average Bonchev–Trinajstić information content (AvgIpc) is 3.18. The fourth-order valence-corrected chi connectivity index (χ4v) is 4.26. The molecule has 1 heterocycles. The van der Waals surface area contributed by atoms with Crippen LogP contribution in [0.15, 0.2) is 52.9 Å². The first kappa shape index (κ1) is 22.8. The van der Waals surface area contributed by atoms with Crippen molar-refractivity contribution in [2.45, 2.75) is 16.3 Å². The van der Waals surface area contributed by atoms with Gasteiger partial charge in [0.15, 0.2) is 4.34 Å². The van der Waals surface area contributed by atoms with Gasteiger partial charge in [-0.05, 0) is 41.5 Å². The van der Waals surface area contributed by atoms with Gasteiger partial charge in [0.1, 0.15) is 0 Å². The summed E-state index contributed by atoms with van der Waals surface area (Å²) >= 11 is 8.18. The van der Waals surface area contributed by atoms with E-state index in [2.05, 4.69) is 21.6 Å². The predicted octanol–water partition coefficient (Wildman–Crippen LogP) is 6.03. The summed E-state index contributed by atoms with van der Waals surface area (Å²) in [4.78, 5) is 12.0. The Morgan fingerprint density at radius 2 is 1.97 bits per heavy atom. The molecule has 2 aromatic carbocycles. The Hall–Kier alpha value is -2.87. The van der Waals surface area contributed by atoms with Crippen LogP contribution >= 0.6 is 34.7 Å². The summed E-state index contributed by atoms with van der Waals surface area (Å²) < 4.78 is 39.4. The number of amides is 1. The summed E-state index contributed by atoms with van der Waals surface area (Å²) in [5.74, 6) is 0.0649. The second-order valence-corrected chi connectivity index (χ2v) is 8.64. The number of hydrogen-bond acceptors (Lipinski definition) is 6. The number of nitrogens with zero attached hydrogens (tertiary/aromatic N) is 3. The normalized spacial score (nSPS) is 11.5. The molecule has 5 nitrogen and oxygen atoms in total. The van der Waals surface area contributed by atoms with Crippen LogP contribution in [-0.4, -0.2) is 16.1 Å². The fraction of sp³-hybridized carbons (Fsp3) is 0.100. The highest BCUT2D eigenvalue weighted by molar-refractivity contribution is 8.00. The van der Waals surface area contributed by atoms with Crippen molar-refractivity contribution in [1.29, 1.82) is 5.26 Å². The molecule has 0 atom stereocenters. The van der Waals surface area contributed by atoms with Crippen LogP contribution in [0.3, 0.4) is 0 Å². The van der Waals surface area contributed by atoms with Gasteiger partial charge >= 0.3 is 6.18 Å². The molecule has 3 rings (SSSR count). The molecule has 31 heavy (non-hydrogen) atoms. The second kappa shape index (κ2) is 9.96. The Morgan fingerprint density at radius 3 is 2.65 bits per heavy atom. The SMILES string of the molecule is N#Cc1ccc(CSc2nnc(NC(=O)/C=C/c3ccc(Cl)c(C(F)(F)F)c3)s2)cc1. The van der Waals surface area contributed by atoms with Gasteiger partial charge in [-0.25, -0.2) is 0 Å². The van der Waals surface area contributed by atoms with Gasteiger partial charge in [0, 0.05) is 11.8 Å². The second-order valence-electron chi connectivity index (χ2n) is 6.03. The van der Waals surface area contributed by atoms with E-state index in [1.165, 1.54) is 35.2 Å². The molecule has 0 bridgehead atoms. The van der Waals surface area contributed by atoms with Crippen LogP contribution in [0.2, 0.25) is 5.02 Å². The molecule has 1 N–H and O–H groups in total. The van der Waals surface area contributed by atoms with E-state index in [-0.39, 0.29) is 10.7 Å². The van der Waals surface area contributed by atoms with Crippen LogP contribution < -0.4 is 5.32 Å². The van der Waals surface area contributed by atoms with Crippen molar-refractivity contribution in [3.63, 3.8) is 0 Å². The monoisotopic (exact) mass is 480 g/mol. The zero-order chi connectivity index (χ0) is 22.4. The number of anilines is 1. The number of benzene rings is 2. The minimum atomic E-state index is -4.58. The Bertz CT molecular complexity index is 1150. The largest absolute Gasteiger partial charge is 0.417 e. The quantitative estimate of drug-likeness (QED) is 0.265. The Kier molecular flexibility index (Phi) is 7.33.